The first kappa shape index (κ1) is 14.6. The minimum atomic E-state index is 0.214. The minimum absolute atomic E-state index is 0.214. The molecule has 0 saturated carbocycles. The molecule has 0 amide bonds. The summed E-state index contributed by atoms with van der Waals surface area (Å²) in [5, 5.41) is 3.56. The standard InChI is InChI=1S/C18H27N3/c1-5-8-18(9-10-19-12-18)17-20-15-11-14(4)6-7-16(15)21(17)13(2)3/h6-7,11,13,19H,5,8-10,12H2,1-4H3. The Kier molecular flexibility index (Phi) is 3.78. The van der Waals surface area contributed by atoms with Crippen LogP contribution in [-0.2, 0) is 5.41 Å². The van der Waals surface area contributed by atoms with Crippen LogP contribution in [0.1, 0.15) is 57.5 Å². The molecule has 21 heavy (non-hydrogen) atoms. The zero-order valence-corrected chi connectivity index (χ0v) is 13.7. The fourth-order valence-corrected chi connectivity index (χ4v) is 3.84. The lowest BCUT2D eigenvalue weighted by Gasteiger charge is -2.29. The number of hydrogen-bond acceptors (Lipinski definition) is 2. The smallest absolute Gasteiger partial charge is 0.117 e. The van der Waals surface area contributed by atoms with Crippen molar-refractivity contribution in [3.8, 4) is 0 Å². The van der Waals surface area contributed by atoms with Crippen LogP contribution in [0.4, 0.5) is 0 Å². The van der Waals surface area contributed by atoms with Crippen molar-refractivity contribution in [2.75, 3.05) is 13.1 Å². The van der Waals surface area contributed by atoms with E-state index >= 15 is 0 Å². The zero-order chi connectivity index (χ0) is 15.0. The summed E-state index contributed by atoms with van der Waals surface area (Å²) in [6, 6.07) is 7.11. The molecule has 1 atom stereocenters. The highest BCUT2D eigenvalue weighted by Crippen LogP contribution is 2.38. The second kappa shape index (κ2) is 5.45. The van der Waals surface area contributed by atoms with Gasteiger partial charge in [-0.1, -0.05) is 19.4 Å². The third-order valence-corrected chi connectivity index (χ3v) is 4.81. The Labute approximate surface area is 127 Å². The molecular formula is C18H27N3. The van der Waals surface area contributed by atoms with Gasteiger partial charge in [0.1, 0.15) is 5.82 Å². The molecule has 114 valence electrons. The number of fused-ring (bicyclic) bond motifs is 1. The lowest BCUT2D eigenvalue weighted by atomic mass is 9.81. The van der Waals surface area contributed by atoms with E-state index in [4.69, 9.17) is 4.98 Å². The maximum atomic E-state index is 5.09. The van der Waals surface area contributed by atoms with E-state index in [1.54, 1.807) is 0 Å². The highest BCUT2D eigenvalue weighted by molar-refractivity contribution is 5.77. The van der Waals surface area contributed by atoms with Crippen molar-refractivity contribution >= 4 is 11.0 Å². The number of benzene rings is 1. The van der Waals surface area contributed by atoms with Crippen LogP contribution in [0.3, 0.4) is 0 Å². The number of nitrogens with one attached hydrogen (secondary N) is 1. The Balaban J connectivity index is 2.23. The Bertz CT molecular complexity index is 633. The summed E-state index contributed by atoms with van der Waals surface area (Å²) in [4.78, 5) is 5.09. The van der Waals surface area contributed by atoms with Crippen LogP contribution < -0.4 is 5.32 Å². The van der Waals surface area contributed by atoms with Crippen molar-refractivity contribution in [1.29, 1.82) is 0 Å². The molecule has 1 aliphatic heterocycles. The molecule has 1 aromatic heterocycles. The third kappa shape index (κ3) is 2.38. The monoisotopic (exact) mass is 285 g/mol. The molecule has 3 rings (SSSR count). The van der Waals surface area contributed by atoms with E-state index in [0.717, 1.165) is 18.6 Å². The summed E-state index contributed by atoms with van der Waals surface area (Å²) >= 11 is 0. The average Bonchev–Trinajstić information content (AvgIpc) is 3.03. The highest BCUT2D eigenvalue weighted by Gasteiger charge is 2.39. The van der Waals surface area contributed by atoms with E-state index < -0.39 is 0 Å². The quantitative estimate of drug-likeness (QED) is 0.921. The van der Waals surface area contributed by atoms with Crippen molar-refractivity contribution in [2.24, 2.45) is 0 Å². The Morgan fingerprint density at radius 2 is 2.19 bits per heavy atom. The second-order valence-electron chi connectivity index (χ2n) is 6.85. The number of imidazole rings is 1. The van der Waals surface area contributed by atoms with Gasteiger partial charge in [0.2, 0.25) is 0 Å². The molecule has 1 fully saturated rings. The molecule has 3 heteroatoms. The van der Waals surface area contributed by atoms with Gasteiger partial charge in [0.05, 0.1) is 11.0 Å². The summed E-state index contributed by atoms with van der Waals surface area (Å²) in [7, 11) is 0. The molecule has 0 aliphatic carbocycles. The molecule has 1 unspecified atom stereocenters. The van der Waals surface area contributed by atoms with Crippen LogP contribution in [0.15, 0.2) is 18.2 Å². The van der Waals surface area contributed by atoms with Crippen LogP contribution in [0.25, 0.3) is 11.0 Å². The van der Waals surface area contributed by atoms with E-state index in [1.165, 1.54) is 36.2 Å². The lowest BCUT2D eigenvalue weighted by molar-refractivity contribution is 0.376. The number of rotatable bonds is 4. The average molecular weight is 285 g/mol. The fourth-order valence-electron chi connectivity index (χ4n) is 3.84. The van der Waals surface area contributed by atoms with Gasteiger partial charge >= 0.3 is 0 Å². The van der Waals surface area contributed by atoms with Crippen molar-refractivity contribution in [3.63, 3.8) is 0 Å². The molecule has 1 aromatic carbocycles. The molecule has 0 spiro atoms. The summed E-state index contributed by atoms with van der Waals surface area (Å²) in [5.74, 6) is 1.30. The van der Waals surface area contributed by atoms with Gasteiger partial charge in [0.15, 0.2) is 0 Å². The molecule has 3 nitrogen and oxygen atoms in total. The lowest BCUT2D eigenvalue weighted by Crippen LogP contribution is -2.33. The molecule has 2 heterocycles. The predicted octanol–water partition coefficient (Wildman–Crippen LogP) is 3.96. The van der Waals surface area contributed by atoms with Crippen LogP contribution in [0, 0.1) is 6.92 Å². The molecule has 2 aromatic rings. The molecule has 1 N–H and O–H groups in total. The van der Waals surface area contributed by atoms with Crippen molar-refractivity contribution in [3.05, 3.63) is 29.6 Å². The summed E-state index contributed by atoms with van der Waals surface area (Å²) in [6.07, 6.45) is 3.63. The second-order valence-corrected chi connectivity index (χ2v) is 6.85. The Morgan fingerprint density at radius 3 is 2.81 bits per heavy atom. The van der Waals surface area contributed by atoms with E-state index in [0.29, 0.717) is 6.04 Å². The van der Waals surface area contributed by atoms with Crippen LogP contribution >= 0.6 is 0 Å². The largest absolute Gasteiger partial charge is 0.325 e. The number of aryl methyl sites for hydroxylation is 1. The summed E-state index contributed by atoms with van der Waals surface area (Å²) < 4.78 is 2.47. The SMILES string of the molecule is CCCC1(c2nc3cc(C)ccc3n2C(C)C)CCNC1. The fraction of sp³-hybridized carbons (Fsp3) is 0.611. The zero-order valence-electron chi connectivity index (χ0n) is 13.7. The maximum Gasteiger partial charge on any atom is 0.117 e. The van der Waals surface area contributed by atoms with Gasteiger partial charge < -0.3 is 9.88 Å². The van der Waals surface area contributed by atoms with Crippen LogP contribution in [-0.4, -0.2) is 22.6 Å². The van der Waals surface area contributed by atoms with Gasteiger partial charge in [-0.05, 0) is 57.9 Å². The van der Waals surface area contributed by atoms with Crippen molar-refractivity contribution in [2.45, 2.75) is 58.4 Å². The Hall–Kier alpha value is -1.35. The minimum Gasteiger partial charge on any atom is -0.325 e. The first-order valence-corrected chi connectivity index (χ1v) is 8.27. The topological polar surface area (TPSA) is 29.9 Å². The van der Waals surface area contributed by atoms with Gasteiger partial charge in [-0.2, -0.15) is 0 Å². The van der Waals surface area contributed by atoms with E-state index in [1.807, 2.05) is 0 Å². The molecule has 1 saturated heterocycles. The van der Waals surface area contributed by atoms with E-state index in [-0.39, 0.29) is 5.41 Å². The summed E-state index contributed by atoms with van der Waals surface area (Å²) in [5.41, 5.74) is 3.94. The van der Waals surface area contributed by atoms with Gasteiger partial charge in [0, 0.05) is 18.0 Å². The van der Waals surface area contributed by atoms with Gasteiger partial charge in [-0.3, -0.25) is 0 Å². The molecule has 0 bridgehead atoms. The third-order valence-electron chi connectivity index (χ3n) is 4.81. The first-order valence-electron chi connectivity index (χ1n) is 8.27. The Morgan fingerprint density at radius 1 is 1.38 bits per heavy atom. The first-order chi connectivity index (χ1) is 10.1. The summed E-state index contributed by atoms with van der Waals surface area (Å²) in [6.45, 7) is 11.1. The number of nitrogens with zero attached hydrogens (tertiary/aromatic N) is 2. The molecule has 0 radical (unpaired) electrons. The van der Waals surface area contributed by atoms with Gasteiger partial charge in [-0.15, -0.1) is 0 Å². The van der Waals surface area contributed by atoms with Crippen molar-refractivity contribution in [1.82, 2.24) is 14.9 Å². The highest BCUT2D eigenvalue weighted by atomic mass is 15.1. The predicted molar refractivity (Wildman–Crippen MR) is 88.9 cm³/mol. The molecule has 1 aliphatic rings. The van der Waals surface area contributed by atoms with E-state index in [9.17, 15) is 0 Å². The number of hydrogen-bond donors (Lipinski definition) is 1. The van der Waals surface area contributed by atoms with Crippen LogP contribution in [0.2, 0.25) is 0 Å². The van der Waals surface area contributed by atoms with Gasteiger partial charge in [0.25, 0.3) is 0 Å². The van der Waals surface area contributed by atoms with Crippen molar-refractivity contribution < 1.29 is 0 Å². The normalized spacial score (nSPS) is 22.5. The van der Waals surface area contributed by atoms with E-state index in [2.05, 4.69) is 55.8 Å². The maximum absolute atomic E-state index is 5.09. The van der Waals surface area contributed by atoms with Crippen LogP contribution in [0.5, 0.6) is 0 Å². The number of aromatic nitrogens is 2. The molecular weight excluding hydrogens is 258 g/mol. The van der Waals surface area contributed by atoms with Gasteiger partial charge in [-0.25, -0.2) is 4.98 Å².